The Balaban J connectivity index is 1.72. The van der Waals surface area contributed by atoms with Crippen LogP contribution in [-0.2, 0) is 19.4 Å². The summed E-state index contributed by atoms with van der Waals surface area (Å²) in [6.07, 6.45) is 1.74. The number of urea groups is 1. The number of anilines is 1. The highest BCUT2D eigenvalue weighted by Crippen LogP contribution is 2.34. The Morgan fingerprint density at radius 3 is 2.50 bits per heavy atom. The molecule has 1 unspecified atom stereocenters. The van der Waals surface area contributed by atoms with Crippen LogP contribution in [0.4, 0.5) is 10.5 Å². The second-order valence-corrected chi connectivity index (χ2v) is 6.66. The molecule has 0 fully saturated rings. The van der Waals surface area contributed by atoms with Crippen molar-refractivity contribution in [1.82, 2.24) is 5.32 Å². The number of aliphatic hydroxyl groups excluding tert-OH is 1. The van der Waals surface area contributed by atoms with Gasteiger partial charge in [0.05, 0.1) is 39.5 Å². The molecule has 0 heterocycles. The topological polar surface area (TPSA) is 89.1 Å². The maximum absolute atomic E-state index is 12.5. The monoisotopic (exact) mass is 386 g/mol. The average molecular weight is 386 g/mol. The molecule has 2 aromatic carbocycles. The summed E-state index contributed by atoms with van der Waals surface area (Å²) >= 11 is 0. The number of benzene rings is 2. The van der Waals surface area contributed by atoms with E-state index in [0.29, 0.717) is 29.2 Å². The first kappa shape index (κ1) is 19.8. The van der Waals surface area contributed by atoms with E-state index in [2.05, 4.69) is 10.6 Å². The molecular formula is C21H26N2O5. The van der Waals surface area contributed by atoms with E-state index in [4.69, 9.17) is 14.2 Å². The fourth-order valence-corrected chi connectivity index (χ4v) is 3.47. The van der Waals surface area contributed by atoms with Crippen LogP contribution in [0.15, 0.2) is 30.3 Å². The Morgan fingerprint density at radius 2 is 1.86 bits per heavy atom. The fraction of sp³-hybridized carbons (Fsp3) is 0.381. The highest BCUT2D eigenvalue weighted by Gasteiger charge is 2.20. The number of carbonyl (C=O) groups excluding carboxylic acids is 1. The van der Waals surface area contributed by atoms with E-state index < -0.39 is 0 Å². The van der Waals surface area contributed by atoms with E-state index in [0.717, 1.165) is 24.1 Å². The zero-order valence-electron chi connectivity index (χ0n) is 16.4. The molecule has 2 amide bonds. The van der Waals surface area contributed by atoms with Crippen LogP contribution in [0.3, 0.4) is 0 Å². The molecule has 0 aromatic heterocycles. The van der Waals surface area contributed by atoms with Crippen molar-refractivity contribution in [3.63, 3.8) is 0 Å². The van der Waals surface area contributed by atoms with Gasteiger partial charge in [0.25, 0.3) is 0 Å². The van der Waals surface area contributed by atoms with Crippen molar-refractivity contribution in [2.75, 3.05) is 26.6 Å². The van der Waals surface area contributed by atoms with Crippen LogP contribution in [0.2, 0.25) is 0 Å². The molecule has 2 aromatic rings. The van der Waals surface area contributed by atoms with E-state index >= 15 is 0 Å². The predicted octanol–water partition coefficient (Wildman–Crippen LogP) is 2.88. The number of aryl methyl sites for hydroxylation is 1. The lowest BCUT2D eigenvalue weighted by Crippen LogP contribution is -2.30. The summed E-state index contributed by atoms with van der Waals surface area (Å²) < 4.78 is 16.1. The maximum atomic E-state index is 12.5. The third-order valence-corrected chi connectivity index (χ3v) is 4.95. The standard InChI is InChI=1S/C21H26N2O5/c1-26-15-10-19(27-2)17(20(11-15)28-3)12-22-21(25)23-18-6-4-5-13-7-8-14(24)9-16(13)18/h4-6,10-11,14,24H,7-9,12H2,1-3H3,(H2,22,23,25). The first-order valence-corrected chi connectivity index (χ1v) is 9.18. The van der Waals surface area contributed by atoms with Crippen LogP contribution in [0, 0.1) is 0 Å². The maximum Gasteiger partial charge on any atom is 0.319 e. The number of carbonyl (C=O) groups is 1. The van der Waals surface area contributed by atoms with Gasteiger partial charge in [-0.2, -0.15) is 0 Å². The summed E-state index contributed by atoms with van der Waals surface area (Å²) in [5.41, 5.74) is 3.60. The highest BCUT2D eigenvalue weighted by molar-refractivity contribution is 5.90. The van der Waals surface area contributed by atoms with Gasteiger partial charge in [0.15, 0.2) is 0 Å². The lowest BCUT2D eigenvalue weighted by atomic mass is 9.88. The van der Waals surface area contributed by atoms with Gasteiger partial charge in [-0.15, -0.1) is 0 Å². The van der Waals surface area contributed by atoms with Crippen molar-refractivity contribution in [2.45, 2.75) is 31.9 Å². The highest BCUT2D eigenvalue weighted by atomic mass is 16.5. The molecule has 1 aliphatic rings. The number of nitrogens with one attached hydrogen (secondary N) is 2. The molecule has 7 nitrogen and oxygen atoms in total. The van der Waals surface area contributed by atoms with Crippen LogP contribution >= 0.6 is 0 Å². The Labute approximate surface area is 164 Å². The number of rotatable bonds is 6. The van der Waals surface area contributed by atoms with E-state index in [-0.39, 0.29) is 18.7 Å². The van der Waals surface area contributed by atoms with Gasteiger partial charge in [-0.05, 0) is 30.0 Å². The Hall–Kier alpha value is -2.93. The minimum Gasteiger partial charge on any atom is -0.496 e. The second kappa shape index (κ2) is 8.84. The largest absolute Gasteiger partial charge is 0.496 e. The fourth-order valence-electron chi connectivity index (χ4n) is 3.47. The number of aliphatic hydroxyl groups is 1. The van der Waals surface area contributed by atoms with Crippen molar-refractivity contribution in [2.24, 2.45) is 0 Å². The molecule has 7 heteroatoms. The van der Waals surface area contributed by atoms with E-state index in [9.17, 15) is 9.90 Å². The molecule has 0 saturated heterocycles. The van der Waals surface area contributed by atoms with Gasteiger partial charge in [0, 0.05) is 24.2 Å². The molecule has 3 N–H and O–H groups in total. The number of amides is 2. The van der Waals surface area contributed by atoms with Gasteiger partial charge < -0.3 is 30.0 Å². The van der Waals surface area contributed by atoms with Gasteiger partial charge in [-0.1, -0.05) is 12.1 Å². The lowest BCUT2D eigenvalue weighted by Gasteiger charge is -2.23. The lowest BCUT2D eigenvalue weighted by molar-refractivity contribution is 0.159. The van der Waals surface area contributed by atoms with Crippen LogP contribution in [0.1, 0.15) is 23.1 Å². The zero-order chi connectivity index (χ0) is 20.1. The molecule has 3 rings (SSSR count). The number of methoxy groups -OCH3 is 3. The Kier molecular flexibility index (Phi) is 6.26. The Morgan fingerprint density at radius 1 is 1.14 bits per heavy atom. The van der Waals surface area contributed by atoms with E-state index in [1.807, 2.05) is 18.2 Å². The van der Waals surface area contributed by atoms with Crippen molar-refractivity contribution in [3.8, 4) is 17.2 Å². The number of hydrogen-bond acceptors (Lipinski definition) is 5. The van der Waals surface area contributed by atoms with Crippen LogP contribution in [0.5, 0.6) is 17.2 Å². The van der Waals surface area contributed by atoms with Crippen molar-refractivity contribution >= 4 is 11.7 Å². The van der Waals surface area contributed by atoms with Gasteiger partial charge in [-0.3, -0.25) is 0 Å². The van der Waals surface area contributed by atoms with Crippen LogP contribution in [-0.4, -0.2) is 38.6 Å². The first-order valence-electron chi connectivity index (χ1n) is 9.18. The quantitative estimate of drug-likeness (QED) is 0.710. The number of ether oxygens (including phenoxy) is 3. The van der Waals surface area contributed by atoms with E-state index in [1.54, 1.807) is 33.5 Å². The van der Waals surface area contributed by atoms with Gasteiger partial charge in [0.2, 0.25) is 0 Å². The molecule has 0 bridgehead atoms. The summed E-state index contributed by atoms with van der Waals surface area (Å²) in [6.45, 7) is 0.222. The van der Waals surface area contributed by atoms with Crippen LogP contribution in [0.25, 0.3) is 0 Å². The average Bonchev–Trinajstić information content (AvgIpc) is 2.71. The van der Waals surface area contributed by atoms with Gasteiger partial charge >= 0.3 is 6.03 Å². The zero-order valence-corrected chi connectivity index (χ0v) is 16.4. The van der Waals surface area contributed by atoms with Gasteiger partial charge in [-0.25, -0.2) is 4.79 Å². The third kappa shape index (κ3) is 4.31. The summed E-state index contributed by atoms with van der Waals surface area (Å²) in [5, 5.41) is 15.7. The smallest absolute Gasteiger partial charge is 0.319 e. The molecular weight excluding hydrogens is 360 g/mol. The summed E-state index contributed by atoms with van der Waals surface area (Å²) in [4.78, 5) is 12.5. The minimum absolute atomic E-state index is 0.222. The molecule has 28 heavy (non-hydrogen) atoms. The molecule has 0 radical (unpaired) electrons. The van der Waals surface area contributed by atoms with Crippen molar-refractivity contribution < 1.29 is 24.1 Å². The van der Waals surface area contributed by atoms with Crippen molar-refractivity contribution in [3.05, 3.63) is 47.0 Å². The SMILES string of the molecule is COc1cc(OC)c(CNC(=O)Nc2cccc3c2CC(O)CC3)c(OC)c1. The van der Waals surface area contributed by atoms with Crippen LogP contribution < -0.4 is 24.8 Å². The molecule has 1 atom stereocenters. The molecule has 150 valence electrons. The number of fused-ring (bicyclic) bond motifs is 1. The normalized spacial score (nSPS) is 15.4. The third-order valence-electron chi connectivity index (χ3n) is 4.95. The van der Waals surface area contributed by atoms with E-state index in [1.165, 1.54) is 5.56 Å². The molecule has 0 saturated carbocycles. The molecule has 0 spiro atoms. The number of hydrogen-bond donors (Lipinski definition) is 3. The predicted molar refractivity (Wildman–Crippen MR) is 106 cm³/mol. The summed E-state index contributed by atoms with van der Waals surface area (Å²) in [7, 11) is 4.68. The first-order chi connectivity index (χ1) is 13.5. The van der Waals surface area contributed by atoms with Crippen molar-refractivity contribution in [1.29, 1.82) is 0 Å². The minimum atomic E-state index is -0.369. The second-order valence-electron chi connectivity index (χ2n) is 6.66. The molecule has 0 aliphatic heterocycles. The van der Waals surface area contributed by atoms with Gasteiger partial charge in [0.1, 0.15) is 17.2 Å². The molecule has 1 aliphatic carbocycles. The summed E-state index contributed by atoms with van der Waals surface area (Å²) in [5.74, 6) is 1.74. The summed E-state index contributed by atoms with van der Waals surface area (Å²) in [6, 6.07) is 8.96. The Bertz CT molecular complexity index is 828.